The van der Waals surface area contributed by atoms with Gasteiger partial charge < -0.3 is 15.4 Å². The summed E-state index contributed by atoms with van der Waals surface area (Å²) < 4.78 is 16.0. The summed E-state index contributed by atoms with van der Waals surface area (Å²) in [6.45, 7) is 0.439. The van der Waals surface area contributed by atoms with Gasteiger partial charge in [0.25, 0.3) is 0 Å². The zero-order valence-electron chi connectivity index (χ0n) is 17.6. The molecule has 7 nitrogen and oxygen atoms in total. The second-order valence-corrected chi connectivity index (χ2v) is 8.42. The van der Waals surface area contributed by atoms with E-state index in [4.69, 9.17) is 0 Å². The van der Waals surface area contributed by atoms with Crippen LogP contribution in [0.4, 0.5) is 5.69 Å². The van der Waals surface area contributed by atoms with Gasteiger partial charge in [0.15, 0.2) is 0 Å². The van der Waals surface area contributed by atoms with E-state index < -0.39 is 16.8 Å². The fourth-order valence-corrected chi connectivity index (χ4v) is 3.76. The average molecular weight is 445 g/mol. The maximum Gasteiger partial charge on any atom is 0.318 e. The van der Waals surface area contributed by atoms with Crippen LogP contribution in [0.2, 0.25) is 0 Å². The van der Waals surface area contributed by atoms with Crippen LogP contribution in [0.3, 0.4) is 0 Å². The van der Waals surface area contributed by atoms with E-state index in [9.17, 15) is 18.6 Å². The van der Waals surface area contributed by atoms with E-state index in [1.165, 1.54) is 7.11 Å². The SMILES string of the molecule is COC(=O)CS(=O)CC(=O)NCCCCCC(=O)Nc1cccc(-c2ccccc2)c1. The Kier molecular flexibility index (Phi) is 10.4. The van der Waals surface area contributed by atoms with Crippen LogP contribution in [0, 0.1) is 0 Å². The molecule has 1 unspecified atom stereocenters. The number of unbranched alkanes of at least 4 members (excludes halogenated alkanes) is 2. The number of nitrogens with one attached hydrogen (secondary N) is 2. The first-order chi connectivity index (χ1) is 15.0. The number of carbonyl (C=O) groups is 3. The Labute approximate surface area is 185 Å². The lowest BCUT2D eigenvalue weighted by Crippen LogP contribution is -2.31. The third kappa shape index (κ3) is 9.57. The quantitative estimate of drug-likeness (QED) is 0.387. The Hall–Kier alpha value is -3.00. The van der Waals surface area contributed by atoms with Crippen molar-refractivity contribution in [3.05, 3.63) is 54.6 Å². The molecule has 0 saturated heterocycles. The molecule has 0 fully saturated rings. The largest absolute Gasteiger partial charge is 0.468 e. The van der Waals surface area contributed by atoms with Crippen molar-refractivity contribution >= 4 is 34.3 Å². The van der Waals surface area contributed by atoms with E-state index in [1.54, 1.807) is 0 Å². The Morgan fingerprint density at radius 3 is 2.35 bits per heavy atom. The molecule has 0 saturated carbocycles. The molecular formula is C23H28N2O5S. The fourth-order valence-electron chi connectivity index (χ4n) is 2.88. The van der Waals surface area contributed by atoms with Crippen molar-refractivity contribution in [2.24, 2.45) is 0 Å². The molecule has 0 aromatic heterocycles. The number of amides is 2. The van der Waals surface area contributed by atoms with Gasteiger partial charge in [0.1, 0.15) is 11.5 Å². The first kappa shape index (κ1) is 24.3. The van der Waals surface area contributed by atoms with Gasteiger partial charge in [-0.25, -0.2) is 0 Å². The number of rotatable bonds is 12. The highest BCUT2D eigenvalue weighted by molar-refractivity contribution is 7.86. The van der Waals surface area contributed by atoms with Crippen LogP contribution in [0.25, 0.3) is 11.1 Å². The van der Waals surface area contributed by atoms with Crippen molar-refractivity contribution in [2.75, 3.05) is 30.5 Å². The summed E-state index contributed by atoms with van der Waals surface area (Å²) in [6.07, 6.45) is 2.59. The molecule has 2 aromatic carbocycles. The Balaban J connectivity index is 1.61. The van der Waals surface area contributed by atoms with Crippen molar-refractivity contribution in [1.29, 1.82) is 0 Å². The van der Waals surface area contributed by atoms with Gasteiger partial charge in [-0.2, -0.15) is 0 Å². The third-order valence-corrected chi connectivity index (χ3v) is 5.60. The molecule has 0 aliphatic heterocycles. The summed E-state index contributed by atoms with van der Waals surface area (Å²) in [7, 11) is -0.358. The maximum atomic E-state index is 12.2. The summed E-state index contributed by atoms with van der Waals surface area (Å²) in [5.41, 5.74) is 2.90. The number of hydrogen-bond acceptors (Lipinski definition) is 5. The second-order valence-electron chi connectivity index (χ2n) is 6.96. The molecule has 0 aliphatic carbocycles. The lowest BCUT2D eigenvalue weighted by molar-refractivity contribution is -0.137. The minimum Gasteiger partial charge on any atom is -0.468 e. The summed E-state index contributed by atoms with van der Waals surface area (Å²) in [5.74, 6) is -1.52. The van der Waals surface area contributed by atoms with Crippen LogP contribution < -0.4 is 10.6 Å². The standard InChI is InChI=1S/C23H28N2O5S/c1-30-23(28)17-31(29)16-22(27)24-14-7-3-6-13-21(26)25-20-12-8-11-19(15-20)18-9-4-2-5-10-18/h2,4-5,8-12,15H,3,6-7,13-14,16-17H2,1H3,(H,24,27)(H,25,26). The van der Waals surface area contributed by atoms with Crippen molar-refractivity contribution in [2.45, 2.75) is 25.7 Å². The van der Waals surface area contributed by atoms with Crippen LogP contribution in [0.15, 0.2) is 54.6 Å². The molecule has 31 heavy (non-hydrogen) atoms. The Morgan fingerprint density at radius 2 is 1.61 bits per heavy atom. The highest BCUT2D eigenvalue weighted by Gasteiger charge is 2.12. The van der Waals surface area contributed by atoms with Crippen molar-refractivity contribution < 1.29 is 23.3 Å². The number of ether oxygens (including phenoxy) is 1. The molecule has 0 heterocycles. The van der Waals surface area contributed by atoms with Crippen LogP contribution >= 0.6 is 0 Å². The van der Waals surface area contributed by atoms with E-state index in [0.29, 0.717) is 25.8 Å². The number of methoxy groups -OCH3 is 1. The van der Waals surface area contributed by atoms with Gasteiger partial charge in [-0.3, -0.25) is 18.6 Å². The van der Waals surface area contributed by atoms with Crippen molar-refractivity contribution in [3.63, 3.8) is 0 Å². The zero-order chi connectivity index (χ0) is 22.5. The number of carbonyl (C=O) groups excluding carboxylic acids is 3. The molecule has 0 radical (unpaired) electrons. The lowest BCUT2D eigenvalue weighted by atomic mass is 10.1. The average Bonchev–Trinajstić information content (AvgIpc) is 2.76. The van der Waals surface area contributed by atoms with E-state index in [1.807, 2.05) is 54.6 Å². The van der Waals surface area contributed by atoms with E-state index in [0.717, 1.165) is 23.2 Å². The van der Waals surface area contributed by atoms with Crippen LogP contribution in [-0.4, -0.2) is 47.2 Å². The van der Waals surface area contributed by atoms with Crippen LogP contribution in [0.5, 0.6) is 0 Å². The van der Waals surface area contributed by atoms with Gasteiger partial charge in [-0.1, -0.05) is 48.9 Å². The molecule has 2 rings (SSSR count). The Bertz CT molecular complexity index is 902. The van der Waals surface area contributed by atoms with Gasteiger partial charge in [-0.15, -0.1) is 0 Å². The minimum atomic E-state index is -1.57. The number of hydrogen-bond donors (Lipinski definition) is 2. The second kappa shape index (κ2) is 13.3. The fraction of sp³-hybridized carbons (Fsp3) is 0.348. The molecule has 0 aliphatic rings. The van der Waals surface area contributed by atoms with Gasteiger partial charge in [0, 0.05) is 29.5 Å². The first-order valence-electron chi connectivity index (χ1n) is 10.1. The van der Waals surface area contributed by atoms with E-state index in [-0.39, 0.29) is 23.3 Å². The Morgan fingerprint density at radius 1 is 0.871 bits per heavy atom. The summed E-state index contributed by atoms with van der Waals surface area (Å²) in [4.78, 5) is 34.9. The molecule has 8 heteroatoms. The molecular weight excluding hydrogens is 416 g/mol. The van der Waals surface area contributed by atoms with Crippen LogP contribution in [0.1, 0.15) is 25.7 Å². The molecule has 2 amide bonds. The van der Waals surface area contributed by atoms with Crippen molar-refractivity contribution in [1.82, 2.24) is 5.32 Å². The number of anilines is 1. The first-order valence-corrected chi connectivity index (χ1v) is 11.6. The summed E-state index contributed by atoms with van der Waals surface area (Å²) in [5, 5.41) is 5.59. The molecule has 2 aromatic rings. The topological polar surface area (TPSA) is 102 Å². The highest BCUT2D eigenvalue weighted by atomic mass is 32.2. The predicted molar refractivity (Wildman–Crippen MR) is 122 cm³/mol. The monoisotopic (exact) mass is 444 g/mol. The molecule has 0 spiro atoms. The number of esters is 1. The van der Waals surface area contributed by atoms with Crippen molar-refractivity contribution in [3.8, 4) is 11.1 Å². The van der Waals surface area contributed by atoms with Crippen LogP contribution in [-0.2, 0) is 29.9 Å². The summed E-state index contributed by atoms with van der Waals surface area (Å²) in [6, 6.07) is 17.7. The van der Waals surface area contributed by atoms with Gasteiger partial charge in [0.2, 0.25) is 11.8 Å². The minimum absolute atomic E-state index is 0.0487. The molecule has 166 valence electrons. The van der Waals surface area contributed by atoms with Gasteiger partial charge >= 0.3 is 5.97 Å². The molecule has 2 N–H and O–H groups in total. The summed E-state index contributed by atoms with van der Waals surface area (Å²) >= 11 is 0. The zero-order valence-corrected chi connectivity index (χ0v) is 18.4. The third-order valence-electron chi connectivity index (χ3n) is 4.45. The lowest BCUT2D eigenvalue weighted by Gasteiger charge is -2.08. The van der Waals surface area contributed by atoms with Gasteiger partial charge in [0.05, 0.1) is 7.11 Å². The highest BCUT2D eigenvalue weighted by Crippen LogP contribution is 2.22. The van der Waals surface area contributed by atoms with E-state index >= 15 is 0 Å². The smallest absolute Gasteiger partial charge is 0.318 e. The predicted octanol–water partition coefficient (Wildman–Crippen LogP) is 2.89. The normalized spacial score (nSPS) is 11.4. The number of benzene rings is 2. The van der Waals surface area contributed by atoms with E-state index in [2.05, 4.69) is 15.4 Å². The van der Waals surface area contributed by atoms with Gasteiger partial charge in [-0.05, 0) is 36.1 Å². The molecule has 0 bridgehead atoms. The maximum absolute atomic E-state index is 12.2. The molecule has 1 atom stereocenters.